The molecule has 0 bridgehead atoms. The first-order chi connectivity index (χ1) is 9.71. The first kappa shape index (κ1) is 15.5. The second-order valence-electron chi connectivity index (χ2n) is 6.50. The van der Waals surface area contributed by atoms with E-state index in [-0.39, 0.29) is 29.0 Å². The van der Waals surface area contributed by atoms with Gasteiger partial charge in [-0.05, 0) is 29.0 Å². The normalized spacial score (nSPS) is 18.6. The Morgan fingerprint density at radius 3 is 2.43 bits per heavy atom. The van der Waals surface area contributed by atoms with Crippen molar-refractivity contribution < 1.29 is 14.3 Å². The van der Waals surface area contributed by atoms with Gasteiger partial charge in [0.15, 0.2) is 0 Å². The maximum atomic E-state index is 14.0. The average Bonchev–Trinajstić information content (AvgIpc) is 2.78. The van der Waals surface area contributed by atoms with E-state index in [0.29, 0.717) is 5.56 Å². The molecule has 1 aliphatic rings. The van der Waals surface area contributed by atoms with Crippen molar-refractivity contribution >= 4 is 5.91 Å². The van der Waals surface area contributed by atoms with Gasteiger partial charge in [0, 0.05) is 11.6 Å². The van der Waals surface area contributed by atoms with E-state index in [1.54, 1.807) is 6.07 Å². The minimum atomic E-state index is -0.603. The maximum absolute atomic E-state index is 14.0. The monoisotopic (exact) mass is 289 g/mol. The molecular weight excluding hydrogens is 269 g/mol. The fourth-order valence-electron chi connectivity index (χ4n) is 2.68. The molecule has 1 amide bonds. The van der Waals surface area contributed by atoms with Crippen molar-refractivity contribution in [1.82, 2.24) is 5.32 Å². The van der Waals surface area contributed by atoms with Gasteiger partial charge < -0.3 is 10.4 Å². The van der Waals surface area contributed by atoms with E-state index in [2.05, 4.69) is 44.9 Å². The van der Waals surface area contributed by atoms with Crippen LogP contribution in [0.5, 0.6) is 0 Å². The summed E-state index contributed by atoms with van der Waals surface area (Å²) in [5.41, 5.74) is 0.463. The highest BCUT2D eigenvalue weighted by Crippen LogP contribution is 2.62. The molecule has 2 rings (SSSR count). The zero-order valence-corrected chi connectivity index (χ0v) is 12.7. The van der Waals surface area contributed by atoms with E-state index in [0.717, 1.165) is 0 Å². The molecule has 1 aromatic carbocycles. The first-order valence-electron chi connectivity index (χ1n) is 6.92. The van der Waals surface area contributed by atoms with Crippen LogP contribution in [0, 0.1) is 28.5 Å². The Morgan fingerprint density at radius 1 is 1.33 bits per heavy atom. The minimum absolute atomic E-state index is 0.00563. The largest absolute Gasteiger partial charge is 0.384 e. The first-order valence-corrected chi connectivity index (χ1v) is 6.92. The molecule has 2 N–H and O–H groups in total. The van der Waals surface area contributed by atoms with E-state index >= 15 is 0 Å². The van der Waals surface area contributed by atoms with Crippen molar-refractivity contribution in [2.75, 3.05) is 6.61 Å². The molecule has 0 spiro atoms. The van der Waals surface area contributed by atoms with Gasteiger partial charge in [-0.25, -0.2) is 4.39 Å². The number of carbonyl (C=O) groups excluding carboxylic acids is 1. The van der Waals surface area contributed by atoms with Crippen LogP contribution in [0.3, 0.4) is 0 Å². The molecular formula is C17H20FNO2. The molecule has 3 nitrogen and oxygen atoms in total. The molecule has 1 aromatic rings. The van der Waals surface area contributed by atoms with Crippen molar-refractivity contribution in [3.63, 3.8) is 0 Å². The van der Waals surface area contributed by atoms with Gasteiger partial charge in [0.05, 0.1) is 5.56 Å². The molecule has 1 aliphatic carbocycles. The number of aliphatic hydroxyl groups excluding tert-OH is 1. The van der Waals surface area contributed by atoms with Crippen LogP contribution in [-0.4, -0.2) is 23.7 Å². The number of rotatable bonds is 2. The van der Waals surface area contributed by atoms with Crippen LogP contribution in [0.2, 0.25) is 0 Å². The fourth-order valence-corrected chi connectivity index (χ4v) is 2.68. The van der Waals surface area contributed by atoms with Crippen LogP contribution in [0.25, 0.3) is 0 Å². The van der Waals surface area contributed by atoms with Gasteiger partial charge in [-0.1, -0.05) is 39.5 Å². The lowest BCUT2D eigenvalue weighted by Crippen LogP contribution is -2.30. The summed E-state index contributed by atoms with van der Waals surface area (Å²) in [6.45, 7) is 8.06. The van der Waals surface area contributed by atoms with Crippen LogP contribution in [0.1, 0.15) is 43.6 Å². The Labute approximate surface area is 124 Å². The van der Waals surface area contributed by atoms with E-state index in [1.807, 2.05) is 0 Å². The summed E-state index contributed by atoms with van der Waals surface area (Å²) >= 11 is 0. The summed E-state index contributed by atoms with van der Waals surface area (Å²) in [4.78, 5) is 12.2. The number of nitrogens with one attached hydrogen (secondary N) is 1. The van der Waals surface area contributed by atoms with Crippen molar-refractivity contribution in [1.29, 1.82) is 0 Å². The highest BCUT2D eigenvalue weighted by Gasteiger charge is 2.65. The molecule has 1 fully saturated rings. The number of hydrogen-bond acceptors (Lipinski definition) is 2. The van der Waals surface area contributed by atoms with Gasteiger partial charge in [-0.15, -0.1) is 0 Å². The number of aliphatic hydroxyl groups is 1. The molecule has 0 aliphatic heterocycles. The number of amides is 1. The zero-order chi connectivity index (χ0) is 15.8. The van der Waals surface area contributed by atoms with Gasteiger partial charge in [0.1, 0.15) is 12.4 Å². The van der Waals surface area contributed by atoms with Crippen LogP contribution in [-0.2, 0) is 0 Å². The summed E-state index contributed by atoms with van der Waals surface area (Å²) in [5, 5.41) is 11.5. The molecule has 0 atom stereocenters. The quantitative estimate of drug-likeness (QED) is 0.821. The van der Waals surface area contributed by atoms with Gasteiger partial charge in [0.2, 0.25) is 0 Å². The Morgan fingerprint density at radius 2 is 1.95 bits per heavy atom. The third-order valence-electron chi connectivity index (χ3n) is 4.82. The van der Waals surface area contributed by atoms with Crippen LogP contribution < -0.4 is 5.32 Å². The zero-order valence-electron chi connectivity index (χ0n) is 12.7. The molecule has 0 heterocycles. The second kappa shape index (κ2) is 5.16. The number of halogens is 1. The highest BCUT2D eigenvalue weighted by molar-refractivity contribution is 5.95. The molecule has 21 heavy (non-hydrogen) atoms. The summed E-state index contributed by atoms with van der Waals surface area (Å²) in [6.07, 6.45) is 0. The van der Waals surface area contributed by atoms with Gasteiger partial charge in [0.25, 0.3) is 5.91 Å². The van der Waals surface area contributed by atoms with Crippen molar-refractivity contribution in [3.8, 4) is 11.8 Å². The maximum Gasteiger partial charge on any atom is 0.254 e. The molecule has 0 aromatic heterocycles. The topological polar surface area (TPSA) is 49.3 Å². The van der Waals surface area contributed by atoms with Crippen LogP contribution in [0.15, 0.2) is 18.2 Å². The Kier molecular flexibility index (Phi) is 3.81. The summed E-state index contributed by atoms with van der Waals surface area (Å²) in [5.74, 6) is 4.04. The average molecular weight is 289 g/mol. The number of benzene rings is 1. The lowest BCUT2D eigenvalue weighted by Gasteiger charge is -2.08. The second-order valence-corrected chi connectivity index (χ2v) is 6.50. The van der Waals surface area contributed by atoms with E-state index < -0.39 is 11.7 Å². The van der Waals surface area contributed by atoms with E-state index in [4.69, 9.17) is 5.11 Å². The standard InChI is InChI=1S/C17H20FNO2/c1-16(2)15(17(16,3)4)19-14(21)12-8-7-11(6-5-9-20)10-13(12)18/h7-8,10,15,20H,9H2,1-4H3,(H,19,21). The number of carbonyl (C=O) groups is 1. The Hall–Kier alpha value is -1.86. The smallest absolute Gasteiger partial charge is 0.254 e. The molecule has 112 valence electrons. The van der Waals surface area contributed by atoms with Gasteiger partial charge >= 0.3 is 0 Å². The highest BCUT2D eigenvalue weighted by atomic mass is 19.1. The molecule has 1 saturated carbocycles. The molecule has 0 radical (unpaired) electrons. The predicted octanol–water partition coefficient (Wildman–Crippen LogP) is 2.33. The third kappa shape index (κ3) is 2.66. The van der Waals surface area contributed by atoms with Gasteiger partial charge in [-0.2, -0.15) is 0 Å². The fraction of sp³-hybridized carbons (Fsp3) is 0.471. The predicted molar refractivity (Wildman–Crippen MR) is 79.2 cm³/mol. The Balaban J connectivity index is 2.14. The minimum Gasteiger partial charge on any atom is -0.384 e. The molecule has 4 heteroatoms. The Bertz CT molecular complexity index is 624. The summed E-state index contributed by atoms with van der Waals surface area (Å²) < 4.78 is 14.0. The lowest BCUT2D eigenvalue weighted by molar-refractivity contribution is 0.0939. The lowest BCUT2D eigenvalue weighted by atomic mass is 10.0. The van der Waals surface area contributed by atoms with Crippen molar-refractivity contribution in [2.45, 2.75) is 33.7 Å². The summed E-state index contributed by atoms with van der Waals surface area (Å²) in [6, 6.07) is 4.24. The SMILES string of the molecule is CC1(C)C(NC(=O)c2ccc(C#CCO)cc2F)C1(C)C. The van der Waals surface area contributed by atoms with E-state index in [9.17, 15) is 9.18 Å². The van der Waals surface area contributed by atoms with Crippen LogP contribution in [0.4, 0.5) is 4.39 Å². The molecule has 0 unspecified atom stereocenters. The van der Waals surface area contributed by atoms with Crippen molar-refractivity contribution in [2.24, 2.45) is 10.8 Å². The van der Waals surface area contributed by atoms with Gasteiger partial charge in [-0.3, -0.25) is 4.79 Å². The molecule has 0 saturated heterocycles. The van der Waals surface area contributed by atoms with E-state index in [1.165, 1.54) is 12.1 Å². The third-order valence-corrected chi connectivity index (χ3v) is 4.82. The number of hydrogen-bond donors (Lipinski definition) is 2. The van der Waals surface area contributed by atoms with Crippen LogP contribution >= 0.6 is 0 Å². The summed E-state index contributed by atoms with van der Waals surface area (Å²) in [7, 11) is 0. The van der Waals surface area contributed by atoms with Crippen molar-refractivity contribution in [3.05, 3.63) is 35.1 Å².